The van der Waals surface area contributed by atoms with Crippen molar-refractivity contribution in [2.45, 2.75) is 38.5 Å². The molecule has 0 aromatic carbocycles. The molecule has 2 unspecified atom stereocenters. The molecule has 1 amide bonds. The van der Waals surface area contributed by atoms with Gasteiger partial charge in [-0.15, -0.1) is 0 Å². The van der Waals surface area contributed by atoms with Crippen LogP contribution in [-0.2, 0) is 14.3 Å². The van der Waals surface area contributed by atoms with Crippen molar-refractivity contribution in [3.05, 3.63) is 0 Å². The average molecular weight is 274 g/mol. The first-order chi connectivity index (χ1) is 8.73. The molecule has 7 nitrogen and oxygen atoms in total. The SMILES string of the molecule is COC1CN(C(=O)O)CC1NCC(=O)OC(C)(C)C. The minimum absolute atomic E-state index is 0.0370. The van der Waals surface area contributed by atoms with Gasteiger partial charge in [0.15, 0.2) is 0 Å². The van der Waals surface area contributed by atoms with Crippen molar-refractivity contribution in [3.63, 3.8) is 0 Å². The molecule has 0 aromatic heterocycles. The number of amides is 1. The van der Waals surface area contributed by atoms with Crippen LogP contribution in [0.2, 0.25) is 0 Å². The van der Waals surface area contributed by atoms with Crippen LogP contribution in [0.3, 0.4) is 0 Å². The molecular formula is C12H22N2O5. The Labute approximate surface area is 112 Å². The quantitative estimate of drug-likeness (QED) is 0.717. The molecule has 2 N–H and O–H groups in total. The number of nitrogens with one attached hydrogen (secondary N) is 1. The van der Waals surface area contributed by atoms with E-state index in [1.54, 1.807) is 20.8 Å². The van der Waals surface area contributed by atoms with E-state index in [1.165, 1.54) is 12.0 Å². The Morgan fingerprint density at radius 2 is 2.00 bits per heavy atom. The molecule has 0 radical (unpaired) electrons. The largest absolute Gasteiger partial charge is 0.465 e. The monoisotopic (exact) mass is 274 g/mol. The van der Waals surface area contributed by atoms with Crippen LogP contribution in [0.25, 0.3) is 0 Å². The van der Waals surface area contributed by atoms with Gasteiger partial charge < -0.3 is 19.5 Å². The van der Waals surface area contributed by atoms with Crippen molar-refractivity contribution in [3.8, 4) is 0 Å². The Balaban J connectivity index is 2.43. The predicted octanol–water partition coefficient (Wildman–Crippen LogP) is 0.295. The molecule has 7 heteroatoms. The Morgan fingerprint density at radius 3 is 2.47 bits per heavy atom. The zero-order valence-corrected chi connectivity index (χ0v) is 11.8. The predicted molar refractivity (Wildman–Crippen MR) is 68.0 cm³/mol. The van der Waals surface area contributed by atoms with Gasteiger partial charge in [-0.1, -0.05) is 0 Å². The summed E-state index contributed by atoms with van der Waals surface area (Å²) in [4.78, 5) is 23.7. The summed E-state index contributed by atoms with van der Waals surface area (Å²) < 4.78 is 10.4. The number of esters is 1. The van der Waals surface area contributed by atoms with Gasteiger partial charge in [0.2, 0.25) is 0 Å². The third-order valence-corrected chi connectivity index (χ3v) is 2.77. The fourth-order valence-corrected chi connectivity index (χ4v) is 1.96. The van der Waals surface area contributed by atoms with Crippen molar-refractivity contribution in [2.24, 2.45) is 0 Å². The van der Waals surface area contributed by atoms with Crippen molar-refractivity contribution in [2.75, 3.05) is 26.7 Å². The number of likely N-dealkylation sites (tertiary alicyclic amines) is 1. The van der Waals surface area contributed by atoms with E-state index in [4.69, 9.17) is 14.6 Å². The van der Waals surface area contributed by atoms with Crippen molar-refractivity contribution in [1.82, 2.24) is 10.2 Å². The highest BCUT2D eigenvalue weighted by Gasteiger charge is 2.35. The number of ether oxygens (including phenoxy) is 2. The second-order valence-corrected chi connectivity index (χ2v) is 5.54. The summed E-state index contributed by atoms with van der Waals surface area (Å²) in [6, 6.07) is -0.200. The van der Waals surface area contributed by atoms with Gasteiger partial charge in [0.1, 0.15) is 5.60 Å². The molecule has 1 saturated heterocycles. The number of hydrogen-bond donors (Lipinski definition) is 2. The molecule has 0 aromatic rings. The minimum Gasteiger partial charge on any atom is -0.465 e. The smallest absolute Gasteiger partial charge is 0.407 e. The first-order valence-corrected chi connectivity index (χ1v) is 6.19. The normalized spacial score (nSPS) is 23.5. The highest BCUT2D eigenvalue weighted by Crippen LogP contribution is 2.13. The molecule has 0 spiro atoms. The molecule has 1 heterocycles. The summed E-state index contributed by atoms with van der Waals surface area (Å²) >= 11 is 0. The van der Waals surface area contributed by atoms with Crippen LogP contribution in [0, 0.1) is 0 Å². The first-order valence-electron chi connectivity index (χ1n) is 6.19. The molecule has 1 aliphatic heterocycles. The lowest BCUT2D eigenvalue weighted by molar-refractivity contribution is -0.153. The maximum atomic E-state index is 11.6. The van der Waals surface area contributed by atoms with Crippen LogP contribution < -0.4 is 5.32 Å². The number of carbonyl (C=O) groups is 2. The van der Waals surface area contributed by atoms with Gasteiger partial charge in [-0.05, 0) is 20.8 Å². The zero-order valence-electron chi connectivity index (χ0n) is 11.8. The van der Waals surface area contributed by atoms with Crippen LogP contribution in [0.5, 0.6) is 0 Å². The number of methoxy groups -OCH3 is 1. The van der Waals surface area contributed by atoms with E-state index in [0.29, 0.717) is 13.1 Å². The highest BCUT2D eigenvalue weighted by molar-refractivity contribution is 5.72. The van der Waals surface area contributed by atoms with Gasteiger partial charge in [-0.2, -0.15) is 0 Å². The van der Waals surface area contributed by atoms with Crippen molar-refractivity contribution >= 4 is 12.1 Å². The Hall–Kier alpha value is -1.34. The van der Waals surface area contributed by atoms with E-state index in [1.807, 2.05) is 0 Å². The van der Waals surface area contributed by atoms with Gasteiger partial charge in [0.25, 0.3) is 0 Å². The third-order valence-electron chi connectivity index (χ3n) is 2.77. The molecule has 1 rings (SSSR count). The van der Waals surface area contributed by atoms with Crippen LogP contribution in [0.15, 0.2) is 0 Å². The van der Waals surface area contributed by atoms with E-state index < -0.39 is 11.7 Å². The number of carboxylic acid groups (broad SMARTS) is 1. The third kappa shape index (κ3) is 5.04. The fraction of sp³-hybridized carbons (Fsp3) is 0.833. The topological polar surface area (TPSA) is 88.1 Å². The molecule has 2 atom stereocenters. The number of nitrogens with zero attached hydrogens (tertiary/aromatic N) is 1. The van der Waals surface area contributed by atoms with Gasteiger partial charge in [0, 0.05) is 13.7 Å². The molecular weight excluding hydrogens is 252 g/mol. The van der Waals surface area contributed by atoms with E-state index >= 15 is 0 Å². The lowest BCUT2D eigenvalue weighted by atomic mass is 10.2. The van der Waals surface area contributed by atoms with E-state index in [-0.39, 0.29) is 24.7 Å². The Kier molecular flexibility index (Phi) is 5.13. The van der Waals surface area contributed by atoms with Crippen LogP contribution in [0.4, 0.5) is 4.79 Å². The Morgan fingerprint density at radius 1 is 1.37 bits per heavy atom. The summed E-state index contributed by atoms with van der Waals surface area (Å²) in [5.41, 5.74) is -0.526. The number of rotatable bonds is 4. The lowest BCUT2D eigenvalue weighted by Gasteiger charge is -2.22. The standard InChI is InChI=1S/C12H22N2O5/c1-12(2,3)19-10(15)5-13-8-6-14(11(16)17)7-9(8)18-4/h8-9,13H,5-7H2,1-4H3,(H,16,17). The average Bonchev–Trinajstić information content (AvgIpc) is 2.67. The van der Waals surface area contributed by atoms with E-state index in [0.717, 1.165) is 0 Å². The molecule has 19 heavy (non-hydrogen) atoms. The number of carbonyl (C=O) groups excluding carboxylic acids is 1. The van der Waals surface area contributed by atoms with Crippen LogP contribution in [0.1, 0.15) is 20.8 Å². The summed E-state index contributed by atoms with van der Waals surface area (Å²) in [6.07, 6.45) is -1.23. The Bertz CT molecular complexity index is 340. The van der Waals surface area contributed by atoms with Crippen LogP contribution >= 0.6 is 0 Å². The highest BCUT2D eigenvalue weighted by atomic mass is 16.6. The summed E-state index contributed by atoms with van der Waals surface area (Å²) in [7, 11) is 1.53. The van der Waals surface area contributed by atoms with Gasteiger partial charge in [-0.3, -0.25) is 10.1 Å². The van der Waals surface area contributed by atoms with Crippen molar-refractivity contribution in [1.29, 1.82) is 0 Å². The maximum Gasteiger partial charge on any atom is 0.407 e. The molecule has 0 bridgehead atoms. The summed E-state index contributed by atoms with van der Waals surface area (Å²) in [6.45, 7) is 6.03. The number of hydrogen-bond acceptors (Lipinski definition) is 5. The molecule has 1 fully saturated rings. The second kappa shape index (κ2) is 6.21. The van der Waals surface area contributed by atoms with E-state index in [2.05, 4.69) is 5.32 Å². The van der Waals surface area contributed by atoms with E-state index in [9.17, 15) is 9.59 Å². The minimum atomic E-state index is -0.983. The lowest BCUT2D eigenvalue weighted by Crippen LogP contribution is -2.44. The van der Waals surface area contributed by atoms with Crippen LogP contribution in [-0.4, -0.2) is 66.6 Å². The van der Waals surface area contributed by atoms with Gasteiger partial charge >= 0.3 is 12.1 Å². The second-order valence-electron chi connectivity index (χ2n) is 5.54. The summed E-state index contributed by atoms with van der Waals surface area (Å²) in [5.74, 6) is -0.365. The zero-order chi connectivity index (χ0) is 14.6. The fourth-order valence-electron chi connectivity index (χ4n) is 1.96. The molecule has 0 saturated carbocycles. The molecule has 0 aliphatic carbocycles. The van der Waals surface area contributed by atoms with Crippen molar-refractivity contribution < 1.29 is 24.2 Å². The first kappa shape index (κ1) is 15.7. The van der Waals surface area contributed by atoms with Gasteiger partial charge in [-0.25, -0.2) is 4.79 Å². The maximum absolute atomic E-state index is 11.6. The van der Waals surface area contributed by atoms with Gasteiger partial charge in [0.05, 0.1) is 25.2 Å². The molecule has 1 aliphatic rings. The summed E-state index contributed by atoms with van der Waals surface area (Å²) in [5, 5.41) is 11.9. The molecule has 110 valence electrons.